The molecule has 0 saturated carbocycles. The highest BCUT2D eigenvalue weighted by atomic mass is 35.5. The Hall–Kier alpha value is -2.42. The highest BCUT2D eigenvalue weighted by Gasteiger charge is 2.75. The molecular weight excluding hydrogens is 436 g/mol. The quantitative estimate of drug-likeness (QED) is 0.600. The van der Waals surface area contributed by atoms with Gasteiger partial charge in [-0.15, -0.1) is 6.58 Å². The minimum atomic E-state index is -1.25. The Morgan fingerprint density at radius 2 is 2.19 bits per heavy atom. The molecule has 9 heteroatoms. The molecule has 3 aliphatic rings. The Kier molecular flexibility index (Phi) is 5.81. The number of aliphatic carboxylic acids is 1. The number of rotatable bonds is 7. The molecule has 172 valence electrons. The van der Waals surface area contributed by atoms with Crippen molar-refractivity contribution in [2.24, 2.45) is 11.8 Å². The van der Waals surface area contributed by atoms with Crippen molar-refractivity contribution < 1.29 is 29.3 Å². The van der Waals surface area contributed by atoms with Crippen molar-refractivity contribution in [2.45, 2.75) is 50.5 Å². The van der Waals surface area contributed by atoms with Gasteiger partial charge < -0.3 is 24.7 Å². The summed E-state index contributed by atoms with van der Waals surface area (Å²) in [6, 6.07) is 3.53. The second-order valence-electron chi connectivity index (χ2n) is 8.81. The molecule has 0 aliphatic carbocycles. The predicted octanol–water partition coefficient (Wildman–Crippen LogP) is 2.01. The van der Waals surface area contributed by atoms with Crippen molar-refractivity contribution in [2.75, 3.05) is 18.1 Å². The molecule has 3 saturated heterocycles. The van der Waals surface area contributed by atoms with E-state index in [-0.39, 0.29) is 13.2 Å². The van der Waals surface area contributed by atoms with Crippen LogP contribution in [-0.2, 0) is 19.1 Å². The van der Waals surface area contributed by atoms with Gasteiger partial charge in [0.2, 0.25) is 5.91 Å². The second-order valence-corrected chi connectivity index (χ2v) is 9.22. The number of para-hydroxylation sites is 1. The zero-order valence-electron chi connectivity index (χ0n) is 18.0. The van der Waals surface area contributed by atoms with Crippen LogP contribution in [0.25, 0.3) is 0 Å². The van der Waals surface area contributed by atoms with E-state index in [9.17, 15) is 24.6 Å². The van der Waals surface area contributed by atoms with E-state index in [1.807, 2.05) is 13.0 Å². The lowest BCUT2D eigenvalue weighted by Gasteiger charge is -2.39. The number of hydrogen-bond acceptors (Lipinski definition) is 5. The van der Waals surface area contributed by atoms with E-state index in [1.165, 1.54) is 9.80 Å². The van der Waals surface area contributed by atoms with E-state index >= 15 is 0 Å². The van der Waals surface area contributed by atoms with Crippen LogP contribution >= 0.6 is 11.6 Å². The number of aliphatic hydroxyl groups excluding tert-OH is 1. The fourth-order valence-corrected chi connectivity index (χ4v) is 6.07. The third-order valence-corrected chi connectivity index (χ3v) is 7.34. The highest BCUT2D eigenvalue weighted by molar-refractivity contribution is 6.34. The molecule has 0 aromatic heterocycles. The molecule has 6 atom stereocenters. The lowest BCUT2D eigenvalue weighted by molar-refractivity contribution is -0.150. The van der Waals surface area contributed by atoms with Crippen molar-refractivity contribution in [3.63, 3.8) is 0 Å². The van der Waals surface area contributed by atoms with Crippen LogP contribution in [0.3, 0.4) is 0 Å². The molecule has 32 heavy (non-hydrogen) atoms. The number of hydrogen-bond donors (Lipinski definition) is 2. The van der Waals surface area contributed by atoms with Gasteiger partial charge in [0.05, 0.1) is 41.3 Å². The highest BCUT2D eigenvalue weighted by Crippen LogP contribution is 2.59. The largest absolute Gasteiger partial charge is 0.481 e. The monoisotopic (exact) mass is 462 g/mol. The van der Waals surface area contributed by atoms with E-state index < -0.39 is 53.4 Å². The fourth-order valence-electron chi connectivity index (χ4n) is 5.75. The Morgan fingerprint density at radius 1 is 1.47 bits per heavy atom. The first kappa shape index (κ1) is 22.8. The van der Waals surface area contributed by atoms with Gasteiger partial charge >= 0.3 is 5.97 Å². The summed E-state index contributed by atoms with van der Waals surface area (Å²) >= 11 is 6.46. The van der Waals surface area contributed by atoms with Crippen LogP contribution in [0, 0.1) is 18.8 Å². The van der Waals surface area contributed by atoms with Gasteiger partial charge in [-0.05, 0) is 38.3 Å². The lowest BCUT2D eigenvalue weighted by Crippen LogP contribution is -2.58. The Labute approximate surface area is 191 Å². The number of nitrogens with zero attached hydrogens (tertiary/aromatic N) is 2. The number of likely N-dealkylation sites (tertiary alicyclic amines) is 1. The first-order valence-electron chi connectivity index (χ1n) is 10.7. The third kappa shape index (κ3) is 3.08. The molecule has 8 nitrogen and oxygen atoms in total. The standard InChI is InChI=1S/C23H27ClN2O6/c1-4-10-25(18-12(2)6-5-7-14(18)24)21(29)19-23-9-8-15(32-23)16(22(30)31)17(23)20(28)26(19)13(3)11-27/h4-7,13,15-17,19,27H,1,8-11H2,2-3H3,(H,30,31)/t13-,15+,16-,17-,19+,23-/m1/s1. The van der Waals surface area contributed by atoms with Gasteiger partial charge in [-0.25, -0.2) is 0 Å². The number of amides is 2. The maximum Gasteiger partial charge on any atom is 0.310 e. The van der Waals surface area contributed by atoms with E-state index in [1.54, 1.807) is 25.1 Å². The van der Waals surface area contributed by atoms with Gasteiger partial charge in [0.1, 0.15) is 11.6 Å². The molecule has 1 aromatic rings. The molecule has 3 heterocycles. The zero-order chi connectivity index (χ0) is 23.4. The van der Waals surface area contributed by atoms with Crippen LogP contribution in [0.1, 0.15) is 25.3 Å². The van der Waals surface area contributed by atoms with Gasteiger partial charge in [0.15, 0.2) is 0 Å². The molecule has 3 aliphatic heterocycles. The topological polar surface area (TPSA) is 107 Å². The molecule has 2 bridgehead atoms. The molecule has 0 unspecified atom stereocenters. The Balaban J connectivity index is 1.85. The maximum atomic E-state index is 14.1. The zero-order valence-corrected chi connectivity index (χ0v) is 18.8. The van der Waals surface area contributed by atoms with Gasteiger partial charge in [-0.3, -0.25) is 14.4 Å². The van der Waals surface area contributed by atoms with Crippen LogP contribution in [-0.4, -0.2) is 69.8 Å². The number of anilines is 1. The lowest BCUT2D eigenvalue weighted by atomic mass is 9.70. The van der Waals surface area contributed by atoms with Crippen molar-refractivity contribution in [1.82, 2.24) is 4.90 Å². The molecule has 1 aromatic carbocycles. The van der Waals surface area contributed by atoms with Crippen molar-refractivity contribution >= 4 is 35.1 Å². The van der Waals surface area contributed by atoms with Crippen molar-refractivity contribution in [3.8, 4) is 0 Å². The second kappa shape index (κ2) is 8.17. The van der Waals surface area contributed by atoms with Gasteiger partial charge in [-0.1, -0.05) is 29.8 Å². The smallest absolute Gasteiger partial charge is 0.310 e. The van der Waals surface area contributed by atoms with Gasteiger partial charge in [0.25, 0.3) is 5.91 Å². The van der Waals surface area contributed by atoms with Gasteiger partial charge in [-0.2, -0.15) is 0 Å². The van der Waals surface area contributed by atoms with Crippen LogP contribution in [0.5, 0.6) is 0 Å². The molecule has 2 amide bonds. The van der Waals surface area contributed by atoms with E-state index in [0.29, 0.717) is 23.6 Å². The molecular formula is C23H27ClN2O6. The molecule has 4 rings (SSSR count). The number of benzene rings is 1. The SMILES string of the molecule is C=CCN(C(=O)[C@@H]1N([C@H](C)CO)C(=O)[C@H]2[C@H](C(=O)O)[C@@H]3CC[C@]12O3)c1c(C)cccc1Cl. The molecule has 0 radical (unpaired) electrons. The summed E-state index contributed by atoms with van der Waals surface area (Å²) in [5.74, 6) is -3.99. The van der Waals surface area contributed by atoms with Crippen molar-refractivity contribution in [3.05, 3.63) is 41.4 Å². The molecule has 1 spiro atoms. The first-order valence-corrected chi connectivity index (χ1v) is 11.1. The Bertz CT molecular complexity index is 963. The predicted molar refractivity (Wildman–Crippen MR) is 117 cm³/mol. The minimum absolute atomic E-state index is 0.141. The number of halogens is 1. The number of aliphatic hydroxyl groups is 1. The summed E-state index contributed by atoms with van der Waals surface area (Å²) in [6.45, 7) is 7.00. The number of carbonyl (C=O) groups is 3. The summed E-state index contributed by atoms with van der Waals surface area (Å²) in [4.78, 5) is 42.5. The number of carbonyl (C=O) groups excluding carboxylic acids is 2. The number of carboxylic acids is 1. The summed E-state index contributed by atoms with van der Waals surface area (Å²) < 4.78 is 6.18. The van der Waals surface area contributed by atoms with Crippen LogP contribution in [0.2, 0.25) is 5.02 Å². The maximum absolute atomic E-state index is 14.1. The summed E-state index contributed by atoms with van der Waals surface area (Å²) in [6.07, 6.45) is 1.81. The average molecular weight is 463 g/mol. The van der Waals surface area contributed by atoms with E-state index in [2.05, 4.69) is 6.58 Å². The number of carboxylic acid groups (broad SMARTS) is 1. The fraction of sp³-hybridized carbons (Fsp3) is 0.522. The molecule has 3 fully saturated rings. The van der Waals surface area contributed by atoms with Crippen molar-refractivity contribution in [1.29, 1.82) is 0 Å². The summed E-state index contributed by atoms with van der Waals surface area (Å²) in [5.41, 5.74) is 0.0260. The van der Waals surface area contributed by atoms with E-state index in [0.717, 1.165) is 5.56 Å². The molecule has 2 N–H and O–H groups in total. The third-order valence-electron chi connectivity index (χ3n) is 7.03. The van der Waals surface area contributed by atoms with Crippen LogP contribution < -0.4 is 4.90 Å². The Morgan fingerprint density at radius 3 is 2.78 bits per heavy atom. The summed E-state index contributed by atoms with van der Waals surface area (Å²) in [5, 5.41) is 20.0. The first-order chi connectivity index (χ1) is 15.2. The van der Waals surface area contributed by atoms with Crippen LogP contribution in [0.15, 0.2) is 30.9 Å². The number of ether oxygens (including phenoxy) is 1. The van der Waals surface area contributed by atoms with E-state index in [4.69, 9.17) is 16.3 Å². The van der Waals surface area contributed by atoms with Gasteiger partial charge in [0, 0.05) is 6.54 Å². The van der Waals surface area contributed by atoms with Crippen LogP contribution in [0.4, 0.5) is 5.69 Å². The minimum Gasteiger partial charge on any atom is -0.481 e. The number of fused-ring (bicyclic) bond motifs is 1. The summed E-state index contributed by atoms with van der Waals surface area (Å²) in [7, 11) is 0. The normalized spacial score (nSPS) is 31.5. The number of aryl methyl sites for hydroxylation is 1. The average Bonchev–Trinajstić information content (AvgIpc) is 3.39.